The van der Waals surface area contributed by atoms with Crippen molar-refractivity contribution < 1.29 is 19.0 Å². The maximum absolute atomic E-state index is 10.8. The minimum atomic E-state index is 0.364. The Morgan fingerprint density at radius 3 is 2.59 bits per heavy atom. The van der Waals surface area contributed by atoms with Gasteiger partial charge in [-0.05, 0) is 52.7 Å². The predicted octanol–water partition coefficient (Wildman–Crippen LogP) is 4.04. The fourth-order valence-electron chi connectivity index (χ4n) is 1.96. The Morgan fingerprint density at radius 2 is 1.91 bits per heavy atom. The van der Waals surface area contributed by atoms with Gasteiger partial charge in [0.15, 0.2) is 11.5 Å². The topological polar surface area (TPSA) is 44.8 Å². The zero-order chi connectivity index (χ0) is 15.9. The molecule has 0 aliphatic heterocycles. The normalized spacial score (nSPS) is 10.1. The molecule has 2 aromatic carbocycles. The van der Waals surface area contributed by atoms with Crippen LogP contribution in [0.25, 0.3) is 0 Å². The summed E-state index contributed by atoms with van der Waals surface area (Å²) in [5.74, 6) is 1.87. The number of hydrogen-bond acceptors (Lipinski definition) is 4. The first kappa shape index (κ1) is 16.4. The van der Waals surface area contributed by atoms with E-state index < -0.39 is 0 Å². The van der Waals surface area contributed by atoms with E-state index in [-0.39, 0.29) is 0 Å². The van der Waals surface area contributed by atoms with Crippen LogP contribution in [0, 0.1) is 6.92 Å². The number of halogens is 1. The van der Waals surface area contributed by atoms with Crippen molar-refractivity contribution in [1.29, 1.82) is 0 Å². The van der Waals surface area contributed by atoms with Crippen LogP contribution in [-0.4, -0.2) is 26.6 Å². The summed E-state index contributed by atoms with van der Waals surface area (Å²) in [6.07, 6.45) is 0.762. The lowest BCUT2D eigenvalue weighted by Gasteiger charge is -2.13. The molecule has 0 amide bonds. The third-order valence-electron chi connectivity index (χ3n) is 2.98. The average Bonchev–Trinajstić information content (AvgIpc) is 2.52. The van der Waals surface area contributed by atoms with Crippen LogP contribution in [0.5, 0.6) is 17.2 Å². The standard InChI is InChI=1S/C17H17BrO4/c1-12-4-3-5-14(8-12)21-6-7-22-17-15(18)9-13(11-19)10-16(17)20-2/h3-5,8-11H,6-7H2,1-2H3. The number of rotatable bonds is 7. The van der Waals surface area contributed by atoms with E-state index in [4.69, 9.17) is 14.2 Å². The maximum atomic E-state index is 10.8. The monoisotopic (exact) mass is 364 g/mol. The van der Waals surface area contributed by atoms with Crippen LogP contribution in [0.3, 0.4) is 0 Å². The van der Waals surface area contributed by atoms with Crippen LogP contribution in [-0.2, 0) is 0 Å². The van der Waals surface area contributed by atoms with Gasteiger partial charge in [-0.3, -0.25) is 4.79 Å². The second kappa shape index (κ2) is 7.84. The van der Waals surface area contributed by atoms with Gasteiger partial charge in [-0.2, -0.15) is 0 Å². The molecule has 0 fully saturated rings. The molecule has 0 saturated heterocycles. The fourth-order valence-corrected chi connectivity index (χ4v) is 2.53. The summed E-state index contributed by atoms with van der Waals surface area (Å²) in [6, 6.07) is 11.2. The van der Waals surface area contributed by atoms with Gasteiger partial charge in [0, 0.05) is 5.56 Å². The largest absolute Gasteiger partial charge is 0.493 e. The molecule has 22 heavy (non-hydrogen) atoms. The Bertz CT molecular complexity index is 655. The number of aryl methyl sites for hydroxylation is 1. The molecule has 0 aliphatic carbocycles. The van der Waals surface area contributed by atoms with E-state index in [1.165, 1.54) is 7.11 Å². The zero-order valence-corrected chi connectivity index (χ0v) is 14.1. The van der Waals surface area contributed by atoms with Crippen molar-refractivity contribution in [2.24, 2.45) is 0 Å². The van der Waals surface area contributed by atoms with E-state index in [2.05, 4.69) is 15.9 Å². The van der Waals surface area contributed by atoms with Gasteiger partial charge in [-0.1, -0.05) is 12.1 Å². The van der Waals surface area contributed by atoms with Gasteiger partial charge >= 0.3 is 0 Å². The molecule has 0 bridgehead atoms. The molecule has 0 radical (unpaired) electrons. The summed E-state index contributed by atoms with van der Waals surface area (Å²) in [4.78, 5) is 10.8. The van der Waals surface area contributed by atoms with Crippen molar-refractivity contribution >= 4 is 22.2 Å². The van der Waals surface area contributed by atoms with Crippen LogP contribution in [0.1, 0.15) is 15.9 Å². The van der Waals surface area contributed by atoms with Gasteiger partial charge in [0.25, 0.3) is 0 Å². The van der Waals surface area contributed by atoms with Gasteiger partial charge in [0.2, 0.25) is 0 Å². The smallest absolute Gasteiger partial charge is 0.175 e. The van der Waals surface area contributed by atoms with E-state index in [0.29, 0.717) is 34.7 Å². The summed E-state index contributed by atoms with van der Waals surface area (Å²) < 4.78 is 17.2. The number of benzene rings is 2. The van der Waals surface area contributed by atoms with E-state index in [1.54, 1.807) is 12.1 Å². The van der Waals surface area contributed by atoms with Crippen LogP contribution in [0.2, 0.25) is 0 Å². The van der Waals surface area contributed by atoms with Crippen LogP contribution < -0.4 is 14.2 Å². The number of carbonyl (C=O) groups is 1. The lowest BCUT2D eigenvalue weighted by Crippen LogP contribution is -2.10. The van der Waals surface area contributed by atoms with E-state index >= 15 is 0 Å². The second-order valence-corrected chi connectivity index (χ2v) is 5.52. The fraction of sp³-hybridized carbons (Fsp3) is 0.235. The van der Waals surface area contributed by atoms with Crippen LogP contribution in [0.4, 0.5) is 0 Å². The number of carbonyl (C=O) groups excluding carboxylic acids is 1. The molecule has 0 N–H and O–H groups in total. The Kier molecular flexibility index (Phi) is 5.83. The predicted molar refractivity (Wildman–Crippen MR) is 88.3 cm³/mol. The number of ether oxygens (including phenoxy) is 3. The Morgan fingerprint density at radius 1 is 1.14 bits per heavy atom. The highest BCUT2D eigenvalue weighted by molar-refractivity contribution is 9.10. The lowest BCUT2D eigenvalue weighted by atomic mass is 10.2. The highest BCUT2D eigenvalue weighted by Gasteiger charge is 2.11. The van der Waals surface area contributed by atoms with Crippen molar-refractivity contribution in [2.45, 2.75) is 6.92 Å². The Hall–Kier alpha value is -2.01. The van der Waals surface area contributed by atoms with Crippen LogP contribution in [0.15, 0.2) is 40.9 Å². The average molecular weight is 365 g/mol. The first-order valence-electron chi connectivity index (χ1n) is 6.79. The molecular weight excluding hydrogens is 348 g/mol. The van der Waals surface area contributed by atoms with Crippen molar-refractivity contribution in [1.82, 2.24) is 0 Å². The maximum Gasteiger partial charge on any atom is 0.175 e. The molecule has 2 rings (SSSR count). The first-order valence-corrected chi connectivity index (χ1v) is 7.58. The molecule has 0 heterocycles. The van der Waals surface area contributed by atoms with E-state index in [1.807, 2.05) is 31.2 Å². The molecule has 0 unspecified atom stereocenters. The number of hydrogen-bond donors (Lipinski definition) is 0. The summed E-state index contributed by atoms with van der Waals surface area (Å²) >= 11 is 3.38. The SMILES string of the molecule is COc1cc(C=O)cc(Br)c1OCCOc1cccc(C)c1. The Balaban J connectivity index is 1.95. The van der Waals surface area contributed by atoms with Crippen molar-refractivity contribution in [3.05, 3.63) is 52.0 Å². The molecule has 2 aromatic rings. The highest BCUT2D eigenvalue weighted by atomic mass is 79.9. The van der Waals surface area contributed by atoms with Crippen LogP contribution >= 0.6 is 15.9 Å². The zero-order valence-electron chi connectivity index (χ0n) is 12.5. The molecule has 0 spiro atoms. The number of methoxy groups -OCH3 is 1. The van der Waals surface area contributed by atoms with Gasteiger partial charge in [0.05, 0.1) is 11.6 Å². The number of aldehydes is 1. The molecule has 5 heteroatoms. The second-order valence-electron chi connectivity index (χ2n) is 4.67. The first-order chi connectivity index (χ1) is 10.6. The van der Waals surface area contributed by atoms with Gasteiger partial charge in [-0.15, -0.1) is 0 Å². The molecule has 0 aliphatic rings. The molecule has 4 nitrogen and oxygen atoms in total. The molecule has 0 saturated carbocycles. The van der Waals surface area contributed by atoms with E-state index in [0.717, 1.165) is 17.6 Å². The molecule has 116 valence electrons. The lowest BCUT2D eigenvalue weighted by molar-refractivity contribution is 0.112. The highest BCUT2D eigenvalue weighted by Crippen LogP contribution is 2.36. The van der Waals surface area contributed by atoms with Gasteiger partial charge in [0.1, 0.15) is 25.2 Å². The molecular formula is C17H17BrO4. The van der Waals surface area contributed by atoms with Crippen molar-refractivity contribution in [3.8, 4) is 17.2 Å². The summed E-state index contributed by atoms with van der Waals surface area (Å²) in [6.45, 7) is 2.79. The summed E-state index contributed by atoms with van der Waals surface area (Å²) in [5, 5.41) is 0. The van der Waals surface area contributed by atoms with Gasteiger partial charge < -0.3 is 14.2 Å². The minimum Gasteiger partial charge on any atom is -0.493 e. The molecule has 0 atom stereocenters. The summed E-state index contributed by atoms with van der Waals surface area (Å²) in [5.41, 5.74) is 1.67. The van der Waals surface area contributed by atoms with Crippen molar-refractivity contribution in [2.75, 3.05) is 20.3 Å². The third kappa shape index (κ3) is 4.24. The molecule has 0 aromatic heterocycles. The minimum absolute atomic E-state index is 0.364. The quantitative estimate of drug-likeness (QED) is 0.549. The Labute approximate surface area is 138 Å². The van der Waals surface area contributed by atoms with Crippen molar-refractivity contribution in [3.63, 3.8) is 0 Å². The summed E-state index contributed by atoms with van der Waals surface area (Å²) in [7, 11) is 1.53. The third-order valence-corrected chi connectivity index (χ3v) is 3.56. The van der Waals surface area contributed by atoms with Gasteiger partial charge in [-0.25, -0.2) is 0 Å². The van der Waals surface area contributed by atoms with E-state index in [9.17, 15) is 4.79 Å².